The first-order valence-electron chi connectivity index (χ1n) is 10.7. The van der Waals surface area contributed by atoms with Crippen molar-refractivity contribution in [3.8, 4) is 5.75 Å². The van der Waals surface area contributed by atoms with Crippen LogP contribution in [0.25, 0.3) is 10.8 Å². The molecule has 9 heteroatoms. The van der Waals surface area contributed by atoms with E-state index < -0.39 is 17.8 Å². The number of halogens is 2. The van der Waals surface area contributed by atoms with E-state index in [1.165, 1.54) is 24.4 Å². The van der Waals surface area contributed by atoms with Crippen LogP contribution in [0.3, 0.4) is 0 Å². The molecule has 0 aromatic heterocycles. The number of fused-ring (bicyclic) bond motifs is 1. The summed E-state index contributed by atoms with van der Waals surface area (Å²) < 4.78 is 5.61. The SMILES string of the molecule is Cc1ccccc1NC(=O)C(=O)N/N=C/c1c(OC(=O)c2ccc(Cl)cc2Cl)ccc2ccccc12. The molecule has 0 spiro atoms. The van der Waals surface area contributed by atoms with Crippen molar-refractivity contribution in [1.82, 2.24) is 5.43 Å². The van der Waals surface area contributed by atoms with Crippen LogP contribution in [0, 0.1) is 6.92 Å². The molecular formula is C27H19Cl2N3O4. The lowest BCUT2D eigenvalue weighted by molar-refractivity contribution is -0.136. The van der Waals surface area contributed by atoms with E-state index >= 15 is 0 Å². The van der Waals surface area contributed by atoms with Crippen molar-refractivity contribution in [2.24, 2.45) is 5.10 Å². The number of amides is 2. The van der Waals surface area contributed by atoms with Crippen molar-refractivity contribution < 1.29 is 19.1 Å². The van der Waals surface area contributed by atoms with Gasteiger partial charge in [0.15, 0.2) is 0 Å². The number of aryl methyl sites for hydroxylation is 1. The molecule has 0 bridgehead atoms. The van der Waals surface area contributed by atoms with Gasteiger partial charge in [-0.15, -0.1) is 0 Å². The summed E-state index contributed by atoms with van der Waals surface area (Å²) in [5.41, 5.74) is 4.09. The number of ether oxygens (including phenoxy) is 1. The highest BCUT2D eigenvalue weighted by molar-refractivity contribution is 6.39. The number of carbonyl (C=O) groups excluding carboxylic acids is 3. The molecule has 180 valence electrons. The maximum absolute atomic E-state index is 12.8. The van der Waals surface area contributed by atoms with E-state index in [-0.39, 0.29) is 16.3 Å². The number of nitrogens with zero attached hydrogens (tertiary/aromatic N) is 1. The molecule has 4 rings (SSSR count). The quantitative estimate of drug-likeness (QED) is 0.115. The molecule has 4 aromatic rings. The third-order valence-electron chi connectivity index (χ3n) is 5.24. The molecule has 2 amide bonds. The predicted octanol–water partition coefficient (Wildman–Crippen LogP) is 5.76. The highest BCUT2D eigenvalue weighted by Crippen LogP contribution is 2.29. The van der Waals surface area contributed by atoms with Crippen molar-refractivity contribution in [1.29, 1.82) is 0 Å². The Balaban J connectivity index is 1.56. The van der Waals surface area contributed by atoms with Crippen LogP contribution in [-0.2, 0) is 9.59 Å². The van der Waals surface area contributed by atoms with Gasteiger partial charge in [0.1, 0.15) is 5.75 Å². The average molecular weight is 520 g/mol. The summed E-state index contributed by atoms with van der Waals surface area (Å²) in [6.45, 7) is 1.81. The van der Waals surface area contributed by atoms with Crippen LogP contribution in [0.2, 0.25) is 10.0 Å². The lowest BCUT2D eigenvalue weighted by Crippen LogP contribution is -2.32. The van der Waals surface area contributed by atoms with Gasteiger partial charge < -0.3 is 10.1 Å². The van der Waals surface area contributed by atoms with Crippen LogP contribution in [0.4, 0.5) is 5.69 Å². The van der Waals surface area contributed by atoms with Crippen LogP contribution in [0.1, 0.15) is 21.5 Å². The van der Waals surface area contributed by atoms with Crippen molar-refractivity contribution in [3.63, 3.8) is 0 Å². The molecule has 36 heavy (non-hydrogen) atoms. The van der Waals surface area contributed by atoms with Gasteiger partial charge in [-0.2, -0.15) is 5.10 Å². The number of para-hydroxylation sites is 1. The number of hydrogen-bond donors (Lipinski definition) is 2. The van der Waals surface area contributed by atoms with Gasteiger partial charge in [-0.3, -0.25) is 9.59 Å². The highest BCUT2D eigenvalue weighted by Gasteiger charge is 2.17. The first-order valence-corrected chi connectivity index (χ1v) is 11.5. The van der Waals surface area contributed by atoms with E-state index in [9.17, 15) is 14.4 Å². The van der Waals surface area contributed by atoms with Crippen LogP contribution < -0.4 is 15.5 Å². The Morgan fingerprint density at radius 3 is 2.42 bits per heavy atom. The minimum absolute atomic E-state index is 0.137. The highest BCUT2D eigenvalue weighted by atomic mass is 35.5. The van der Waals surface area contributed by atoms with Gasteiger partial charge in [0.25, 0.3) is 0 Å². The van der Waals surface area contributed by atoms with E-state index in [0.29, 0.717) is 21.7 Å². The molecule has 2 N–H and O–H groups in total. The molecule has 0 saturated carbocycles. The maximum atomic E-state index is 12.8. The topological polar surface area (TPSA) is 96.9 Å². The maximum Gasteiger partial charge on any atom is 0.345 e. The standard InChI is InChI=1S/C27H19Cl2N3O4/c1-16-6-2-5-9-23(16)31-25(33)26(34)32-30-15-21-19-8-4-3-7-17(19)10-13-24(21)36-27(35)20-12-11-18(28)14-22(20)29/h2-15H,1H3,(H,31,33)(H,32,34)/b30-15+. The van der Waals surface area contributed by atoms with Crippen LogP contribution in [-0.4, -0.2) is 24.0 Å². The minimum Gasteiger partial charge on any atom is -0.422 e. The van der Waals surface area contributed by atoms with Gasteiger partial charge in [-0.05, 0) is 53.6 Å². The number of carbonyl (C=O) groups is 3. The average Bonchev–Trinajstić information content (AvgIpc) is 2.86. The third-order valence-corrected chi connectivity index (χ3v) is 5.79. The van der Waals surface area contributed by atoms with Crippen LogP contribution >= 0.6 is 23.2 Å². The van der Waals surface area contributed by atoms with E-state index in [1.54, 1.807) is 24.3 Å². The largest absolute Gasteiger partial charge is 0.422 e. The Bertz CT molecular complexity index is 1520. The Morgan fingerprint density at radius 2 is 1.64 bits per heavy atom. The van der Waals surface area contributed by atoms with E-state index in [2.05, 4.69) is 15.8 Å². The van der Waals surface area contributed by atoms with Crippen molar-refractivity contribution in [2.45, 2.75) is 6.92 Å². The number of benzene rings is 4. The van der Waals surface area contributed by atoms with E-state index in [4.69, 9.17) is 27.9 Å². The molecular weight excluding hydrogens is 501 g/mol. The molecule has 0 saturated heterocycles. The molecule has 0 unspecified atom stereocenters. The fourth-order valence-corrected chi connectivity index (χ4v) is 3.89. The predicted molar refractivity (Wildman–Crippen MR) is 141 cm³/mol. The number of hydrazone groups is 1. The Hall–Kier alpha value is -4.20. The summed E-state index contributed by atoms with van der Waals surface area (Å²) in [4.78, 5) is 37.3. The first-order chi connectivity index (χ1) is 17.3. The molecule has 4 aromatic carbocycles. The van der Waals surface area contributed by atoms with Gasteiger partial charge in [0.05, 0.1) is 16.8 Å². The molecule has 0 aliphatic rings. The Labute approximate surface area is 216 Å². The molecule has 0 radical (unpaired) electrons. The van der Waals surface area contributed by atoms with Gasteiger partial charge >= 0.3 is 17.8 Å². The molecule has 7 nitrogen and oxygen atoms in total. The van der Waals surface area contributed by atoms with Gasteiger partial charge in [0, 0.05) is 16.3 Å². The van der Waals surface area contributed by atoms with Crippen LogP contribution in [0.15, 0.2) is 84.0 Å². The second-order valence-electron chi connectivity index (χ2n) is 7.68. The van der Waals surface area contributed by atoms with Crippen LogP contribution in [0.5, 0.6) is 5.75 Å². The molecule has 0 fully saturated rings. The zero-order valence-electron chi connectivity index (χ0n) is 18.9. The summed E-state index contributed by atoms with van der Waals surface area (Å²) in [5, 5.41) is 8.57. The van der Waals surface area contributed by atoms with Gasteiger partial charge in [-0.1, -0.05) is 71.7 Å². The number of anilines is 1. The fourth-order valence-electron chi connectivity index (χ4n) is 3.41. The van der Waals surface area contributed by atoms with Crippen molar-refractivity contribution in [3.05, 3.63) is 106 Å². The van der Waals surface area contributed by atoms with Crippen molar-refractivity contribution in [2.75, 3.05) is 5.32 Å². The van der Waals surface area contributed by atoms with Gasteiger partial charge in [0.2, 0.25) is 0 Å². The summed E-state index contributed by atoms with van der Waals surface area (Å²) in [7, 11) is 0. The lowest BCUT2D eigenvalue weighted by atomic mass is 10.0. The summed E-state index contributed by atoms with van der Waals surface area (Å²) in [6.07, 6.45) is 1.31. The third kappa shape index (κ3) is 5.71. The van der Waals surface area contributed by atoms with Gasteiger partial charge in [-0.25, -0.2) is 10.2 Å². The summed E-state index contributed by atoms with van der Waals surface area (Å²) in [5.74, 6) is -2.33. The number of hydrogen-bond acceptors (Lipinski definition) is 5. The Kier molecular flexibility index (Phi) is 7.63. The molecule has 0 aliphatic heterocycles. The normalized spacial score (nSPS) is 10.9. The number of rotatable bonds is 5. The lowest BCUT2D eigenvalue weighted by Gasteiger charge is -2.11. The second-order valence-corrected chi connectivity index (χ2v) is 8.52. The molecule has 0 atom stereocenters. The fraction of sp³-hybridized carbons (Fsp3) is 0.0370. The zero-order valence-corrected chi connectivity index (χ0v) is 20.4. The zero-order chi connectivity index (χ0) is 25.7. The summed E-state index contributed by atoms with van der Waals surface area (Å²) >= 11 is 12.1. The monoisotopic (exact) mass is 519 g/mol. The second kappa shape index (κ2) is 11.0. The van der Waals surface area contributed by atoms with E-state index in [1.807, 2.05) is 43.3 Å². The molecule has 0 heterocycles. The molecule has 0 aliphatic carbocycles. The minimum atomic E-state index is -0.957. The smallest absolute Gasteiger partial charge is 0.345 e. The first kappa shape index (κ1) is 24.9. The van der Waals surface area contributed by atoms with Crippen molar-refractivity contribution >= 4 is 63.7 Å². The Morgan fingerprint density at radius 1 is 0.889 bits per heavy atom. The van der Waals surface area contributed by atoms with E-state index in [0.717, 1.165) is 10.9 Å². The summed E-state index contributed by atoms with van der Waals surface area (Å²) in [6, 6.07) is 22.3. The number of nitrogens with one attached hydrogen (secondary N) is 2. The number of esters is 1.